The lowest BCUT2D eigenvalue weighted by molar-refractivity contribution is 0.350. The molecule has 0 spiro atoms. The number of rotatable bonds is 7. The van der Waals surface area contributed by atoms with Crippen molar-refractivity contribution in [2.24, 2.45) is 5.16 Å². The average Bonchev–Trinajstić information content (AvgIpc) is 2.70. The molecule has 0 saturated carbocycles. The Kier molecular flexibility index (Phi) is 5.80. The van der Waals surface area contributed by atoms with Crippen molar-refractivity contribution >= 4 is 30.1 Å². The zero-order valence-electron chi connectivity index (χ0n) is 14.5. The van der Waals surface area contributed by atoms with Crippen LogP contribution in [0.1, 0.15) is 19.8 Å². The van der Waals surface area contributed by atoms with Gasteiger partial charge >= 0.3 is 8.32 Å². The summed E-state index contributed by atoms with van der Waals surface area (Å²) in [6.45, 7) is 2.14. The SMILES string of the molecule is CCC/C=N/O[Si](c1ccccc1)(c1ccccc1)c1ccccc1. The second-order valence-electron chi connectivity index (χ2n) is 5.95. The van der Waals surface area contributed by atoms with E-state index in [0.717, 1.165) is 12.8 Å². The molecule has 126 valence electrons. The summed E-state index contributed by atoms with van der Waals surface area (Å²) in [7, 11) is -2.67. The Balaban J connectivity index is 2.20. The highest BCUT2D eigenvalue weighted by Gasteiger charge is 2.44. The highest BCUT2D eigenvalue weighted by atomic mass is 28.4. The first-order chi connectivity index (χ1) is 12.4. The third-order valence-electron chi connectivity index (χ3n) is 4.22. The van der Waals surface area contributed by atoms with Crippen LogP contribution in [-0.2, 0) is 4.53 Å². The van der Waals surface area contributed by atoms with Gasteiger partial charge in [-0.25, -0.2) is 0 Å². The van der Waals surface area contributed by atoms with Gasteiger partial charge < -0.3 is 4.53 Å². The first-order valence-corrected chi connectivity index (χ1v) is 10.7. The van der Waals surface area contributed by atoms with Crippen LogP contribution in [0.15, 0.2) is 96.2 Å². The van der Waals surface area contributed by atoms with Crippen LogP contribution in [0.25, 0.3) is 0 Å². The van der Waals surface area contributed by atoms with E-state index in [2.05, 4.69) is 84.9 Å². The van der Waals surface area contributed by atoms with E-state index in [-0.39, 0.29) is 0 Å². The maximum absolute atomic E-state index is 6.40. The zero-order chi connectivity index (χ0) is 17.4. The smallest absolute Gasteiger partial charge is 0.380 e. The van der Waals surface area contributed by atoms with Gasteiger partial charge in [0.05, 0.1) is 0 Å². The van der Waals surface area contributed by atoms with Gasteiger partial charge in [-0.15, -0.1) is 5.16 Å². The van der Waals surface area contributed by atoms with E-state index < -0.39 is 8.32 Å². The molecule has 0 amide bonds. The lowest BCUT2D eigenvalue weighted by Crippen LogP contribution is -2.68. The molecule has 2 nitrogen and oxygen atoms in total. The predicted molar refractivity (Wildman–Crippen MR) is 108 cm³/mol. The zero-order valence-corrected chi connectivity index (χ0v) is 15.5. The molecule has 0 bridgehead atoms. The quantitative estimate of drug-likeness (QED) is 0.278. The number of nitrogens with zero attached hydrogens (tertiary/aromatic N) is 1. The van der Waals surface area contributed by atoms with Gasteiger partial charge in [-0.1, -0.05) is 104 Å². The van der Waals surface area contributed by atoms with Crippen LogP contribution in [0, 0.1) is 0 Å². The van der Waals surface area contributed by atoms with Gasteiger partial charge in [0, 0.05) is 6.21 Å². The summed E-state index contributed by atoms with van der Waals surface area (Å²) < 4.78 is 6.40. The van der Waals surface area contributed by atoms with Gasteiger partial charge in [-0.3, -0.25) is 0 Å². The fraction of sp³-hybridized carbons (Fsp3) is 0.136. The number of unbranched alkanes of at least 4 members (excludes halogenated alkanes) is 1. The van der Waals surface area contributed by atoms with E-state index in [9.17, 15) is 0 Å². The lowest BCUT2D eigenvalue weighted by atomic mass is 10.3. The van der Waals surface area contributed by atoms with Crippen molar-refractivity contribution in [1.82, 2.24) is 0 Å². The molecule has 0 aromatic heterocycles. The van der Waals surface area contributed by atoms with Crippen LogP contribution in [0.4, 0.5) is 0 Å². The molecule has 3 aromatic rings. The lowest BCUT2D eigenvalue weighted by Gasteiger charge is -2.30. The number of hydrogen-bond donors (Lipinski definition) is 0. The molecule has 0 fully saturated rings. The Labute approximate surface area is 150 Å². The molecule has 0 atom stereocenters. The second kappa shape index (κ2) is 8.45. The molecule has 0 aliphatic carbocycles. The summed E-state index contributed by atoms with van der Waals surface area (Å²) in [6.07, 6.45) is 3.86. The van der Waals surface area contributed by atoms with Gasteiger partial charge in [0.1, 0.15) is 0 Å². The van der Waals surface area contributed by atoms with Gasteiger partial charge in [-0.05, 0) is 22.0 Å². The molecule has 3 rings (SSSR count). The summed E-state index contributed by atoms with van der Waals surface area (Å²) in [4.78, 5) is 0. The highest BCUT2D eigenvalue weighted by Crippen LogP contribution is 2.10. The minimum absolute atomic E-state index is 0.919. The average molecular weight is 346 g/mol. The Morgan fingerprint density at radius 2 is 1.12 bits per heavy atom. The van der Waals surface area contributed by atoms with Crippen molar-refractivity contribution in [1.29, 1.82) is 0 Å². The standard InChI is InChI=1S/C22H23NOSi/c1-2-3-19-23-24-25(20-13-7-4-8-14-20,21-15-9-5-10-16-21)22-17-11-6-12-18-22/h4-19H,2-3H2,1H3/b23-19+. The normalized spacial score (nSPS) is 11.6. The molecule has 0 heterocycles. The first kappa shape index (κ1) is 17.2. The summed E-state index contributed by atoms with van der Waals surface area (Å²) in [5.41, 5.74) is 0. The van der Waals surface area contributed by atoms with Gasteiger partial charge in [-0.2, -0.15) is 0 Å². The minimum atomic E-state index is -2.67. The van der Waals surface area contributed by atoms with E-state index in [0.29, 0.717) is 0 Å². The van der Waals surface area contributed by atoms with Crippen molar-refractivity contribution in [3.63, 3.8) is 0 Å². The molecule has 0 radical (unpaired) electrons. The topological polar surface area (TPSA) is 21.6 Å². The van der Waals surface area contributed by atoms with E-state index in [1.165, 1.54) is 15.6 Å². The number of benzene rings is 3. The summed E-state index contributed by atoms with van der Waals surface area (Å²) >= 11 is 0. The Hall–Kier alpha value is -2.65. The summed E-state index contributed by atoms with van der Waals surface area (Å²) in [5.74, 6) is 0. The Morgan fingerprint density at radius 1 is 0.720 bits per heavy atom. The number of oxime groups is 1. The fourth-order valence-corrected chi connectivity index (χ4v) is 6.51. The van der Waals surface area contributed by atoms with Crippen LogP contribution in [0.2, 0.25) is 0 Å². The summed E-state index contributed by atoms with van der Waals surface area (Å²) in [5, 5.41) is 7.99. The van der Waals surface area contributed by atoms with Crippen molar-refractivity contribution in [3.8, 4) is 0 Å². The van der Waals surface area contributed by atoms with Gasteiger partial charge in [0.15, 0.2) is 0 Å². The monoisotopic (exact) mass is 345 g/mol. The second-order valence-corrected chi connectivity index (χ2v) is 9.22. The molecule has 0 aliphatic heterocycles. The van der Waals surface area contributed by atoms with Crippen LogP contribution >= 0.6 is 0 Å². The largest absolute Gasteiger partial charge is 0.438 e. The maximum Gasteiger partial charge on any atom is 0.380 e. The fourth-order valence-electron chi connectivity index (χ4n) is 2.97. The molecule has 0 saturated heterocycles. The van der Waals surface area contributed by atoms with Gasteiger partial charge in [0.25, 0.3) is 0 Å². The molecular formula is C22H23NOSi. The van der Waals surface area contributed by atoms with Crippen molar-refractivity contribution < 1.29 is 4.53 Å². The van der Waals surface area contributed by atoms with Crippen LogP contribution in [-0.4, -0.2) is 14.5 Å². The molecule has 0 N–H and O–H groups in total. The molecular weight excluding hydrogens is 322 g/mol. The highest BCUT2D eigenvalue weighted by molar-refractivity contribution is 7.07. The first-order valence-electron chi connectivity index (χ1n) is 8.74. The Bertz CT molecular complexity index is 691. The van der Waals surface area contributed by atoms with Crippen LogP contribution in [0.3, 0.4) is 0 Å². The van der Waals surface area contributed by atoms with E-state index in [4.69, 9.17) is 4.53 Å². The van der Waals surface area contributed by atoms with Crippen molar-refractivity contribution in [2.45, 2.75) is 19.8 Å². The molecule has 25 heavy (non-hydrogen) atoms. The maximum atomic E-state index is 6.40. The van der Waals surface area contributed by atoms with Gasteiger partial charge in [0.2, 0.25) is 0 Å². The predicted octanol–water partition coefficient (Wildman–Crippen LogP) is 3.46. The summed E-state index contributed by atoms with van der Waals surface area (Å²) in [6, 6.07) is 31.5. The Morgan fingerprint density at radius 3 is 1.48 bits per heavy atom. The van der Waals surface area contributed by atoms with Crippen molar-refractivity contribution in [3.05, 3.63) is 91.0 Å². The molecule has 0 unspecified atom stereocenters. The third-order valence-corrected chi connectivity index (χ3v) is 8.04. The van der Waals surface area contributed by atoms with E-state index in [1.54, 1.807) is 0 Å². The third kappa shape index (κ3) is 3.72. The molecule has 3 aromatic carbocycles. The van der Waals surface area contributed by atoms with E-state index in [1.807, 2.05) is 24.4 Å². The minimum Gasteiger partial charge on any atom is -0.438 e. The molecule has 3 heteroatoms. The van der Waals surface area contributed by atoms with Crippen LogP contribution in [0.5, 0.6) is 0 Å². The van der Waals surface area contributed by atoms with E-state index >= 15 is 0 Å². The molecule has 0 aliphatic rings. The number of hydrogen-bond acceptors (Lipinski definition) is 2. The van der Waals surface area contributed by atoms with Crippen LogP contribution < -0.4 is 15.6 Å². The van der Waals surface area contributed by atoms with Crippen molar-refractivity contribution in [2.75, 3.05) is 0 Å².